The molecule has 0 saturated carbocycles. The van der Waals surface area contributed by atoms with Crippen molar-refractivity contribution in [1.29, 1.82) is 0 Å². The normalized spacial score (nSPS) is 15.7. The Kier molecular flexibility index (Phi) is 5.12. The molecule has 4 heterocycles. The zero-order valence-electron chi connectivity index (χ0n) is 17.1. The van der Waals surface area contributed by atoms with Gasteiger partial charge in [0.1, 0.15) is 29.2 Å². The molecule has 0 aromatic carbocycles. The summed E-state index contributed by atoms with van der Waals surface area (Å²) in [5.41, 5.74) is 2.59. The number of aromatic nitrogens is 3. The van der Waals surface area contributed by atoms with E-state index in [-0.39, 0.29) is 12.0 Å². The highest BCUT2D eigenvalue weighted by atomic mass is 32.2. The summed E-state index contributed by atoms with van der Waals surface area (Å²) >= 11 is 1.56. The molecule has 0 saturated heterocycles. The first-order valence-corrected chi connectivity index (χ1v) is 10.7. The number of hydrogen-bond acceptors (Lipinski definition) is 6. The van der Waals surface area contributed by atoms with Crippen molar-refractivity contribution in [2.45, 2.75) is 31.9 Å². The summed E-state index contributed by atoms with van der Waals surface area (Å²) in [5.74, 6) is 2.07. The molecule has 4 rings (SSSR count). The lowest BCUT2D eigenvalue weighted by molar-refractivity contribution is -0.114. The van der Waals surface area contributed by atoms with Gasteiger partial charge in [0.05, 0.1) is 11.7 Å². The predicted octanol–water partition coefficient (Wildman–Crippen LogP) is 4.11. The molecule has 0 aliphatic carbocycles. The van der Waals surface area contributed by atoms with Crippen LogP contribution >= 0.6 is 11.8 Å². The Morgan fingerprint density at radius 3 is 2.86 bits per heavy atom. The highest BCUT2D eigenvalue weighted by Gasteiger charge is 2.29. The standard InChI is InChI=1S/C21H24N4O3S/c1-11(2)17-10-27-21-16(28-17)7-19(29-5)24-20(21)14-9-25(4)15-8-22-18(6-13(14)15)23-12(3)26/h6-9,11,17H,10H2,1-5H3,(H,22,23,26). The number of pyridine rings is 2. The van der Waals surface area contributed by atoms with Crippen LogP contribution in [0.4, 0.5) is 5.82 Å². The van der Waals surface area contributed by atoms with E-state index in [0.717, 1.165) is 32.9 Å². The summed E-state index contributed by atoms with van der Waals surface area (Å²) in [7, 11) is 1.96. The van der Waals surface area contributed by atoms with E-state index >= 15 is 0 Å². The van der Waals surface area contributed by atoms with Crippen LogP contribution in [0.2, 0.25) is 0 Å². The third-order valence-corrected chi connectivity index (χ3v) is 5.60. The molecule has 7 nitrogen and oxygen atoms in total. The number of hydrogen-bond donors (Lipinski definition) is 1. The van der Waals surface area contributed by atoms with Crippen LogP contribution in [0.5, 0.6) is 11.5 Å². The fourth-order valence-corrected chi connectivity index (χ4v) is 3.82. The number of nitrogens with one attached hydrogen (secondary N) is 1. The Balaban J connectivity index is 1.89. The number of ether oxygens (including phenoxy) is 2. The van der Waals surface area contributed by atoms with Crippen molar-refractivity contribution in [3.8, 4) is 22.8 Å². The second-order valence-corrected chi connectivity index (χ2v) is 8.30. The summed E-state index contributed by atoms with van der Waals surface area (Å²) < 4.78 is 14.4. The maximum Gasteiger partial charge on any atom is 0.222 e. The summed E-state index contributed by atoms with van der Waals surface area (Å²) in [4.78, 5) is 20.6. The Labute approximate surface area is 173 Å². The van der Waals surface area contributed by atoms with Crippen molar-refractivity contribution >= 4 is 34.4 Å². The minimum absolute atomic E-state index is 0.00976. The van der Waals surface area contributed by atoms with Crippen LogP contribution in [0.1, 0.15) is 20.8 Å². The van der Waals surface area contributed by atoms with Gasteiger partial charge in [0.15, 0.2) is 11.5 Å². The van der Waals surface area contributed by atoms with E-state index in [4.69, 9.17) is 14.5 Å². The van der Waals surface area contributed by atoms with Gasteiger partial charge in [-0.15, -0.1) is 11.8 Å². The van der Waals surface area contributed by atoms with Gasteiger partial charge in [-0.25, -0.2) is 9.97 Å². The van der Waals surface area contributed by atoms with Crippen LogP contribution in [-0.2, 0) is 11.8 Å². The monoisotopic (exact) mass is 412 g/mol. The summed E-state index contributed by atoms with van der Waals surface area (Å²) in [6.45, 7) is 6.20. The lowest BCUT2D eigenvalue weighted by Gasteiger charge is -2.30. The largest absolute Gasteiger partial charge is 0.484 e. The lowest BCUT2D eigenvalue weighted by atomic mass is 10.1. The van der Waals surface area contributed by atoms with Crippen LogP contribution < -0.4 is 14.8 Å². The third-order valence-electron chi connectivity index (χ3n) is 4.97. The van der Waals surface area contributed by atoms with Crippen LogP contribution in [0, 0.1) is 5.92 Å². The van der Waals surface area contributed by atoms with Gasteiger partial charge in [0.25, 0.3) is 0 Å². The topological polar surface area (TPSA) is 78.3 Å². The van der Waals surface area contributed by atoms with Crippen molar-refractivity contribution in [1.82, 2.24) is 14.5 Å². The summed E-state index contributed by atoms with van der Waals surface area (Å²) in [6.07, 6.45) is 5.76. The van der Waals surface area contributed by atoms with Gasteiger partial charge in [-0.05, 0) is 18.2 Å². The van der Waals surface area contributed by atoms with Gasteiger partial charge in [-0.2, -0.15) is 0 Å². The second-order valence-electron chi connectivity index (χ2n) is 7.47. The quantitative estimate of drug-likeness (QED) is 0.650. The number of carbonyl (C=O) groups is 1. The van der Waals surface area contributed by atoms with Gasteiger partial charge in [0, 0.05) is 37.2 Å². The molecule has 0 bridgehead atoms. The van der Waals surface area contributed by atoms with Crippen LogP contribution in [0.15, 0.2) is 29.6 Å². The summed E-state index contributed by atoms with van der Waals surface area (Å²) in [5, 5.41) is 4.55. The Bertz CT molecular complexity index is 1090. The van der Waals surface area contributed by atoms with Gasteiger partial charge in [0.2, 0.25) is 5.91 Å². The van der Waals surface area contributed by atoms with Gasteiger partial charge in [-0.1, -0.05) is 13.8 Å². The summed E-state index contributed by atoms with van der Waals surface area (Å²) in [6, 6.07) is 3.81. The smallest absolute Gasteiger partial charge is 0.222 e. The second kappa shape index (κ2) is 7.59. The van der Waals surface area contributed by atoms with Crippen molar-refractivity contribution in [3.05, 3.63) is 24.5 Å². The van der Waals surface area contributed by atoms with Gasteiger partial charge < -0.3 is 19.4 Å². The van der Waals surface area contributed by atoms with Crippen LogP contribution in [0.3, 0.4) is 0 Å². The van der Waals surface area contributed by atoms with Crippen molar-refractivity contribution in [2.24, 2.45) is 13.0 Å². The molecule has 29 heavy (non-hydrogen) atoms. The first-order chi connectivity index (χ1) is 13.9. The lowest BCUT2D eigenvalue weighted by Crippen LogP contribution is -2.33. The molecule has 3 aromatic rings. The number of fused-ring (bicyclic) bond motifs is 2. The highest BCUT2D eigenvalue weighted by molar-refractivity contribution is 7.98. The Hall–Kier alpha value is -2.74. The molecular formula is C21H24N4O3S. The van der Waals surface area contributed by atoms with E-state index in [0.29, 0.717) is 24.1 Å². The van der Waals surface area contributed by atoms with Crippen molar-refractivity contribution < 1.29 is 14.3 Å². The van der Waals surface area contributed by atoms with E-state index in [2.05, 4.69) is 24.1 Å². The number of carbonyl (C=O) groups excluding carboxylic acids is 1. The maximum atomic E-state index is 11.5. The third kappa shape index (κ3) is 3.64. The molecule has 1 atom stereocenters. The maximum absolute atomic E-state index is 11.5. The van der Waals surface area contributed by atoms with E-state index < -0.39 is 0 Å². The van der Waals surface area contributed by atoms with Crippen molar-refractivity contribution in [2.75, 3.05) is 18.2 Å². The predicted molar refractivity (Wildman–Crippen MR) is 115 cm³/mol. The average Bonchev–Trinajstić information content (AvgIpc) is 3.01. The molecule has 1 aliphatic rings. The fourth-order valence-electron chi connectivity index (χ4n) is 3.41. The zero-order valence-corrected chi connectivity index (χ0v) is 18.0. The number of rotatable bonds is 4. The number of aryl methyl sites for hydroxylation is 1. The number of thioether (sulfide) groups is 1. The molecule has 1 unspecified atom stereocenters. The van der Waals surface area contributed by atoms with Gasteiger partial charge in [-0.3, -0.25) is 4.79 Å². The molecular weight excluding hydrogens is 388 g/mol. The molecule has 3 aromatic heterocycles. The number of anilines is 1. The fraction of sp³-hybridized carbons (Fsp3) is 0.381. The molecule has 1 aliphatic heterocycles. The highest BCUT2D eigenvalue weighted by Crippen LogP contribution is 2.44. The molecule has 0 spiro atoms. The van der Waals surface area contributed by atoms with E-state index in [1.165, 1.54) is 6.92 Å². The number of nitrogens with zero attached hydrogens (tertiary/aromatic N) is 3. The molecule has 0 fully saturated rings. The minimum Gasteiger partial charge on any atom is -0.484 e. The Morgan fingerprint density at radius 2 is 2.17 bits per heavy atom. The molecule has 0 radical (unpaired) electrons. The minimum atomic E-state index is -0.161. The number of amides is 1. The van der Waals surface area contributed by atoms with Crippen molar-refractivity contribution in [3.63, 3.8) is 0 Å². The zero-order chi connectivity index (χ0) is 20.7. The van der Waals surface area contributed by atoms with E-state index in [1.807, 2.05) is 36.2 Å². The Morgan fingerprint density at radius 1 is 1.38 bits per heavy atom. The SMILES string of the molecule is CSc1cc2c(c(-c3cn(C)c4cnc(NC(C)=O)cc34)n1)OCC(C(C)C)O2. The molecule has 152 valence electrons. The molecule has 8 heteroatoms. The van der Waals surface area contributed by atoms with E-state index in [9.17, 15) is 4.79 Å². The van der Waals surface area contributed by atoms with E-state index in [1.54, 1.807) is 18.0 Å². The average molecular weight is 413 g/mol. The first kappa shape index (κ1) is 19.6. The van der Waals surface area contributed by atoms with Gasteiger partial charge >= 0.3 is 0 Å². The first-order valence-electron chi connectivity index (χ1n) is 9.49. The van der Waals surface area contributed by atoms with Crippen LogP contribution in [-0.4, -0.2) is 39.4 Å². The van der Waals surface area contributed by atoms with Crippen LogP contribution in [0.25, 0.3) is 22.2 Å². The molecule has 1 N–H and O–H groups in total. The molecule has 1 amide bonds.